The van der Waals surface area contributed by atoms with E-state index in [-0.39, 0.29) is 17.3 Å². The van der Waals surface area contributed by atoms with Crippen molar-refractivity contribution in [1.82, 2.24) is 0 Å². The summed E-state index contributed by atoms with van der Waals surface area (Å²) in [7, 11) is -3.72. The molecular formula is C9H10ClF3N2O2S. The molecule has 3 N–H and O–H groups in total. The minimum atomic E-state index is -4.57. The highest BCUT2D eigenvalue weighted by Crippen LogP contribution is 2.36. The van der Waals surface area contributed by atoms with Gasteiger partial charge in [0.15, 0.2) is 0 Å². The summed E-state index contributed by atoms with van der Waals surface area (Å²) < 4.78 is 59.2. The van der Waals surface area contributed by atoms with Crippen molar-refractivity contribution in [1.29, 1.82) is 0 Å². The zero-order valence-electron chi connectivity index (χ0n) is 8.96. The zero-order valence-corrected chi connectivity index (χ0v) is 10.5. The standard InChI is InChI=1S/C9H10ClF3N2O2S/c10-6-1-2-8(7(5-6)9(11,12)13)15-3-4-18(14,16)17/h1-2,5,15H,3-4H2,(H2,14,16,17). The molecule has 0 radical (unpaired) electrons. The highest BCUT2D eigenvalue weighted by Gasteiger charge is 2.33. The normalized spacial score (nSPS) is 12.5. The van der Waals surface area contributed by atoms with Crippen molar-refractivity contribution in [3.63, 3.8) is 0 Å². The number of nitrogens with two attached hydrogens (primary N) is 1. The van der Waals surface area contributed by atoms with Gasteiger partial charge < -0.3 is 5.32 Å². The Morgan fingerprint density at radius 3 is 2.44 bits per heavy atom. The average Bonchev–Trinajstić information content (AvgIpc) is 2.17. The van der Waals surface area contributed by atoms with E-state index in [1.807, 2.05) is 0 Å². The summed E-state index contributed by atoms with van der Waals surface area (Å²) in [6, 6.07) is 3.17. The fraction of sp³-hybridized carbons (Fsp3) is 0.333. The van der Waals surface area contributed by atoms with E-state index in [1.54, 1.807) is 0 Å². The molecule has 1 aromatic rings. The molecule has 18 heavy (non-hydrogen) atoms. The first-order valence-electron chi connectivity index (χ1n) is 4.71. The average molecular weight is 303 g/mol. The summed E-state index contributed by atoms with van der Waals surface area (Å²) in [6.45, 7) is -0.219. The molecule has 0 atom stereocenters. The van der Waals surface area contributed by atoms with Gasteiger partial charge in [0.25, 0.3) is 0 Å². The molecule has 4 nitrogen and oxygen atoms in total. The van der Waals surface area contributed by atoms with E-state index in [0.29, 0.717) is 0 Å². The molecule has 0 aromatic heterocycles. The number of nitrogens with one attached hydrogen (secondary N) is 1. The van der Waals surface area contributed by atoms with Crippen LogP contribution in [0.15, 0.2) is 18.2 Å². The summed E-state index contributed by atoms with van der Waals surface area (Å²) in [5.74, 6) is -0.465. The Bertz CT molecular complexity index is 531. The lowest BCUT2D eigenvalue weighted by atomic mass is 10.1. The number of rotatable bonds is 4. The van der Waals surface area contributed by atoms with Crippen molar-refractivity contribution in [2.75, 3.05) is 17.6 Å². The third kappa shape index (κ3) is 4.71. The SMILES string of the molecule is NS(=O)(=O)CCNc1ccc(Cl)cc1C(F)(F)F. The number of anilines is 1. The maximum atomic E-state index is 12.6. The molecule has 0 aliphatic rings. The van der Waals surface area contributed by atoms with Crippen LogP contribution in [0.3, 0.4) is 0 Å². The molecule has 0 unspecified atom stereocenters. The minimum Gasteiger partial charge on any atom is -0.383 e. The van der Waals surface area contributed by atoms with E-state index < -0.39 is 27.5 Å². The van der Waals surface area contributed by atoms with Crippen LogP contribution in [-0.4, -0.2) is 20.7 Å². The molecule has 0 aliphatic carbocycles. The Kier molecular flexibility index (Phi) is 4.46. The fourth-order valence-electron chi connectivity index (χ4n) is 1.23. The molecule has 0 spiro atoms. The number of sulfonamides is 1. The van der Waals surface area contributed by atoms with E-state index in [9.17, 15) is 21.6 Å². The van der Waals surface area contributed by atoms with Gasteiger partial charge in [-0.25, -0.2) is 13.6 Å². The number of halogens is 4. The van der Waals surface area contributed by atoms with E-state index in [2.05, 4.69) is 5.32 Å². The minimum absolute atomic E-state index is 0.0562. The lowest BCUT2D eigenvalue weighted by Gasteiger charge is -2.14. The lowest BCUT2D eigenvalue weighted by Crippen LogP contribution is -2.23. The van der Waals surface area contributed by atoms with Gasteiger partial charge in [-0.05, 0) is 18.2 Å². The topological polar surface area (TPSA) is 72.2 Å². The monoisotopic (exact) mass is 302 g/mol. The second-order valence-electron chi connectivity index (χ2n) is 3.48. The van der Waals surface area contributed by atoms with E-state index >= 15 is 0 Å². The van der Waals surface area contributed by atoms with Gasteiger partial charge in [-0.3, -0.25) is 0 Å². The van der Waals surface area contributed by atoms with Crippen LogP contribution in [0, 0.1) is 0 Å². The Labute approximate surface area is 107 Å². The van der Waals surface area contributed by atoms with Crippen molar-refractivity contribution in [2.45, 2.75) is 6.18 Å². The number of benzene rings is 1. The predicted octanol–water partition coefficient (Wildman–Crippen LogP) is 2.06. The fourth-order valence-corrected chi connectivity index (χ4v) is 1.79. The van der Waals surface area contributed by atoms with Crippen LogP contribution in [0.5, 0.6) is 0 Å². The number of hydrogen-bond acceptors (Lipinski definition) is 3. The number of hydrogen-bond donors (Lipinski definition) is 2. The lowest BCUT2D eigenvalue weighted by molar-refractivity contribution is -0.136. The van der Waals surface area contributed by atoms with Crippen LogP contribution in [-0.2, 0) is 16.2 Å². The van der Waals surface area contributed by atoms with Gasteiger partial charge in [0.1, 0.15) is 0 Å². The quantitative estimate of drug-likeness (QED) is 0.894. The highest BCUT2D eigenvalue weighted by atomic mass is 35.5. The zero-order chi connectivity index (χ0) is 14.0. The maximum absolute atomic E-state index is 12.6. The molecule has 0 bridgehead atoms. The van der Waals surface area contributed by atoms with Gasteiger partial charge in [-0.15, -0.1) is 0 Å². The Balaban J connectivity index is 2.89. The first-order valence-corrected chi connectivity index (χ1v) is 6.80. The largest absolute Gasteiger partial charge is 0.418 e. The van der Waals surface area contributed by atoms with Crippen molar-refractivity contribution in [3.8, 4) is 0 Å². The smallest absolute Gasteiger partial charge is 0.383 e. The van der Waals surface area contributed by atoms with Crippen LogP contribution < -0.4 is 10.5 Å². The van der Waals surface area contributed by atoms with Crippen LogP contribution in [0.1, 0.15) is 5.56 Å². The molecule has 102 valence electrons. The van der Waals surface area contributed by atoms with Gasteiger partial charge in [-0.2, -0.15) is 13.2 Å². The van der Waals surface area contributed by atoms with Crippen molar-refractivity contribution in [3.05, 3.63) is 28.8 Å². The van der Waals surface area contributed by atoms with Crippen molar-refractivity contribution < 1.29 is 21.6 Å². The molecule has 0 aliphatic heterocycles. The van der Waals surface area contributed by atoms with E-state index in [0.717, 1.165) is 12.1 Å². The predicted molar refractivity (Wildman–Crippen MR) is 62.9 cm³/mol. The van der Waals surface area contributed by atoms with E-state index in [4.69, 9.17) is 16.7 Å². The van der Waals surface area contributed by atoms with Gasteiger partial charge >= 0.3 is 6.18 Å². The molecule has 1 rings (SSSR count). The van der Waals surface area contributed by atoms with Gasteiger partial charge in [0, 0.05) is 17.3 Å². The van der Waals surface area contributed by atoms with E-state index in [1.165, 1.54) is 6.07 Å². The maximum Gasteiger partial charge on any atom is 0.418 e. The molecule has 0 saturated carbocycles. The Hall–Kier alpha value is -0.990. The first-order chi connectivity index (χ1) is 8.09. The van der Waals surface area contributed by atoms with Gasteiger partial charge in [0.2, 0.25) is 10.0 Å². The first kappa shape index (κ1) is 15.1. The highest BCUT2D eigenvalue weighted by molar-refractivity contribution is 7.89. The van der Waals surface area contributed by atoms with Gasteiger partial charge in [0.05, 0.1) is 11.3 Å². The summed E-state index contributed by atoms with van der Waals surface area (Å²) >= 11 is 5.49. The summed E-state index contributed by atoms with van der Waals surface area (Å²) in [5, 5.41) is 7.05. The number of primary sulfonamides is 1. The summed E-state index contributed by atoms with van der Waals surface area (Å²) in [5.41, 5.74) is -1.19. The second-order valence-corrected chi connectivity index (χ2v) is 5.65. The third-order valence-corrected chi connectivity index (χ3v) is 3.00. The molecular weight excluding hydrogens is 293 g/mol. The third-order valence-electron chi connectivity index (χ3n) is 1.99. The molecule has 9 heteroatoms. The molecule has 0 heterocycles. The summed E-state index contributed by atoms with van der Waals surface area (Å²) in [6.07, 6.45) is -4.57. The van der Waals surface area contributed by atoms with Crippen LogP contribution >= 0.6 is 11.6 Å². The van der Waals surface area contributed by atoms with Crippen LogP contribution in [0.4, 0.5) is 18.9 Å². The second kappa shape index (κ2) is 5.33. The molecule has 0 saturated heterocycles. The van der Waals surface area contributed by atoms with Crippen molar-refractivity contribution >= 4 is 27.3 Å². The Morgan fingerprint density at radius 1 is 1.33 bits per heavy atom. The molecule has 0 amide bonds. The van der Waals surface area contributed by atoms with Crippen molar-refractivity contribution in [2.24, 2.45) is 5.14 Å². The molecule has 0 fully saturated rings. The van der Waals surface area contributed by atoms with Gasteiger partial charge in [-0.1, -0.05) is 11.6 Å². The van der Waals surface area contributed by atoms with Crippen LogP contribution in [0.25, 0.3) is 0 Å². The molecule has 1 aromatic carbocycles. The Morgan fingerprint density at radius 2 is 1.94 bits per heavy atom. The summed E-state index contributed by atoms with van der Waals surface area (Å²) in [4.78, 5) is 0. The van der Waals surface area contributed by atoms with Crippen LogP contribution in [0.2, 0.25) is 5.02 Å². The number of alkyl halides is 3.